The molecule has 21 heavy (non-hydrogen) atoms. The molecule has 1 aliphatic rings. The lowest BCUT2D eigenvalue weighted by Gasteiger charge is -2.19. The van der Waals surface area contributed by atoms with E-state index in [-0.39, 0.29) is 5.56 Å². The molecule has 0 aliphatic carbocycles. The smallest absolute Gasteiger partial charge is 0.132 e. The van der Waals surface area contributed by atoms with Crippen molar-refractivity contribution in [1.29, 1.82) is 0 Å². The number of nitrogens with one attached hydrogen (secondary N) is 1. The van der Waals surface area contributed by atoms with Crippen LogP contribution in [-0.2, 0) is 6.42 Å². The van der Waals surface area contributed by atoms with Crippen LogP contribution in [-0.4, -0.2) is 6.61 Å². The van der Waals surface area contributed by atoms with E-state index in [2.05, 4.69) is 21.4 Å². The first-order valence-electron chi connectivity index (χ1n) is 6.46. The summed E-state index contributed by atoms with van der Waals surface area (Å²) >= 11 is 3.07. The van der Waals surface area contributed by atoms with Gasteiger partial charge in [0.1, 0.15) is 17.4 Å². The zero-order valence-corrected chi connectivity index (χ0v) is 12.6. The van der Waals surface area contributed by atoms with E-state index in [0.29, 0.717) is 16.6 Å². The Kier molecular flexibility index (Phi) is 3.93. The van der Waals surface area contributed by atoms with Crippen molar-refractivity contribution in [3.05, 3.63) is 63.1 Å². The van der Waals surface area contributed by atoms with Crippen molar-refractivity contribution in [2.45, 2.75) is 12.5 Å². The molecule has 0 saturated heterocycles. The molecule has 0 aromatic heterocycles. The highest BCUT2D eigenvalue weighted by molar-refractivity contribution is 9.10. The van der Waals surface area contributed by atoms with Crippen LogP contribution >= 0.6 is 15.9 Å². The Labute approximate surface area is 129 Å². The molecule has 0 saturated carbocycles. The fourth-order valence-corrected chi connectivity index (χ4v) is 2.96. The predicted octanol–water partition coefficient (Wildman–Crippen LogP) is 3.21. The zero-order valence-electron chi connectivity index (χ0n) is 11.0. The van der Waals surface area contributed by atoms with Crippen molar-refractivity contribution in [1.82, 2.24) is 5.43 Å². The fourth-order valence-electron chi connectivity index (χ4n) is 2.56. The first-order valence-corrected chi connectivity index (χ1v) is 7.25. The topological polar surface area (TPSA) is 47.3 Å². The monoisotopic (exact) mass is 354 g/mol. The lowest BCUT2D eigenvalue weighted by molar-refractivity contribution is 0.356. The van der Waals surface area contributed by atoms with Gasteiger partial charge in [-0.1, -0.05) is 28.1 Å². The van der Waals surface area contributed by atoms with Crippen LogP contribution in [0.2, 0.25) is 0 Å². The van der Waals surface area contributed by atoms with Gasteiger partial charge in [0, 0.05) is 16.5 Å². The van der Waals surface area contributed by atoms with Crippen molar-refractivity contribution in [3.63, 3.8) is 0 Å². The van der Waals surface area contributed by atoms with Gasteiger partial charge in [0.25, 0.3) is 0 Å². The molecule has 0 fully saturated rings. The van der Waals surface area contributed by atoms with Gasteiger partial charge in [0.05, 0.1) is 12.6 Å². The van der Waals surface area contributed by atoms with Crippen LogP contribution in [0, 0.1) is 11.6 Å². The molecule has 0 radical (unpaired) electrons. The van der Waals surface area contributed by atoms with Crippen LogP contribution in [0.25, 0.3) is 0 Å². The SMILES string of the molecule is NNC(c1ccc2c(c1)CCO2)c1c(F)cc(Br)cc1F. The second kappa shape index (κ2) is 5.71. The van der Waals surface area contributed by atoms with Crippen LogP contribution in [0.1, 0.15) is 22.7 Å². The van der Waals surface area contributed by atoms with Crippen LogP contribution < -0.4 is 16.0 Å². The van der Waals surface area contributed by atoms with E-state index in [1.807, 2.05) is 6.07 Å². The molecule has 0 bridgehead atoms. The number of rotatable bonds is 3. The van der Waals surface area contributed by atoms with Gasteiger partial charge in [-0.15, -0.1) is 0 Å². The van der Waals surface area contributed by atoms with Gasteiger partial charge in [-0.2, -0.15) is 0 Å². The summed E-state index contributed by atoms with van der Waals surface area (Å²) in [7, 11) is 0. The van der Waals surface area contributed by atoms with Crippen molar-refractivity contribution in [3.8, 4) is 5.75 Å². The molecular weight excluding hydrogens is 342 g/mol. The minimum absolute atomic E-state index is 0.0976. The third kappa shape index (κ3) is 2.66. The maximum Gasteiger partial charge on any atom is 0.132 e. The van der Waals surface area contributed by atoms with E-state index in [9.17, 15) is 8.78 Å². The molecule has 110 valence electrons. The Morgan fingerprint density at radius 2 is 1.90 bits per heavy atom. The van der Waals surface area contributed by atoms with Gasteiger partial charge in [0.15, 0.2) is 0 Å². The van der Waals surface area contributed by atoms with E-state index in [1.54, 1.807) is 12.1 Å². The summed E-state index contributed by atoms with van der Waals surface area (Å²) in [5.41, 5.74) is 4.11. The summed E-state index contributed by atoms with van der Waals surface area (Å²) < 4.78 is 34.0. The van der Waals surface area contributed by atoms with Gasteiger partial charge in [-0.05, 0) is 29.3 Å². The highest BCUT2D eigenvalue weighted by atomic mass is 79.9. The van der Waals surface area contributed by atoms with Gasteiger partial charge in [-0.3, -0.25) is 5.84 Å². The van der Waals surface area contributed by atoms with Crippen molar-refractivity contribution >= 4 is 15.9 Å². The Morgan fingerprint density at radius 1 is 1.19 bits per heavy atom. The van der Waals surface area contributed by atoms with E-state index in [1.165, 1.54) is 12.1 Å². The largest absolute Gasteiger partial charge is 0.493 e. The molecule has 0 amide bonds. The minimum atomic E-state index is -0.760. The second-order valence-electron chi connectivity index (χ2n) is 4.85. The Hall–Kier alpha value is -1.50. The number of benzene rings is 2. The van der Waals surface area contributed by atoms with Gasteiger partial charge in [-0.25, -0.2) is 14.2 Å². The molecule has 3 rings (SSSR count). The number of ether oxygens (including phenoxy) is 1. The zero-order chi connectivity index (χ0) is 15.0. The van der Waals surface area contributed by atoms with E-state index in [0.717, 1.165) is 17.7 Å². The van der Waals surface area contributed by atoms with Crippen molar-refractivity contribution in [2.24, 2.45) is 5.84 Å². The molecule has 3 nitrogen and oxygen atoms in total. The van der Waals surface area contributed by atoms with Gasteiger partial charge < -0.3 is 4.74 Å². The average molecular weight is 355 g/mol. The first-order chi connectivity index (χ1) is 10.1. The summed E-state index contributed by atoms with van der Waals surface area (Å²) in [6.45, 7) is 0.626. The number of hydrogen-bond donors (Lipinski definition) is 2. The molecule has 1 atom stereocenters. The number of hydrazine groups is 1. The van der Waals surface area contributed by atoms with Gasteiger partial charge in [0.2, 0.25) is 0 Å². The normalized spacial score (nSPS) is 14.7. The summed E-state index contributed by atoms with van der Waals surface area (Å²) in [6.07, 6.45) is 0.783. The molecule has 3 N–H and O–H groups in total. The fraction of sp³-hybridized carbons (Fsp3) is 0.200. The molecule has 2 aromatic carbocycles. The molecule has 1 aliphatic heterocycles. The quantitative estimate of drug-likeness (QED) is 0.657. The molecule has 6 heteroatoms. The van der Waals surface area contributed by atoms with Crippen molar-refractivity contribution in [2.75, 3.05) is 6.61 Å². The lowest BCUT2D eigenvalue weighted by Crippen LogP contribution is -2.30. The standard InChI is InChI=1S/C15H13BrF2N2O/c16-10-6-11(17)14(12(18)7-10)15(20-19)9-1-2-13-8(5-9)3-4-21-13/h1-2,5-7,15,20H,3-4,19H2. The van der Waals surface area contributed by atoms with Crippen LogP contribution in [0.5, 0.6) is 5.75 Å². The number of halogens is 3. The Morgan fingerprint density at radius 3 is 2.57 bits per heavy atom. The molecular formula is C15H13BrF2N2O. The summed E-state index contributed by atoms with van der Waals surface area (Å²) in [6, 6.07) is 7.11. The first kappa shape index (κ1) is 14.4. The van der Waals surface area contributed by atoms with Gasteiger partial charge >= 0.3 is 0 Å². The lowest BCUT2D eigenvalue weighted by atomic mass is 9.96. The van der Waals surface area contributed by atoms with Crippen LogP contribution in [0.4, 0.5) is 8.78 Å². The Bertz CT molecular complexity index is 670. The average Bonchev–Trinajstić information content (AvgIpc) is 2.89. The molecule has 1 unspecified atom stereocenters. The summed E-state index contributed by atoms with van der Waals surface area (Å²) in [4.78, 5) is 0. The number of hydrogen-bond acceptors (Lipinski definition) is 3. The highest BCUT2D eigenvalue weighted by Gasteiger charge is 2.23. The summed E-state index contributed by atoms with van der Waals surface area (Å²) in [5, 5.41) is 0. The van der Waals surface area contributed by atoms with E-state index in [4.69, 9.17) is 10.6 Å². The van der Waals surface area contributed by atoms with E-state index < -0.39 is 17.7 Å². The maximum absolute atomic E-state index is 14.1. The van der Waals surface area contributed by atoms with Crippen LogP contribution in [0.15, 0.2) is 34.8 Å². The molecule has 2 aromatic rings. The maximum atomic E-state index is 14.1. The van der Waals surface area contributed by atoms with Crippen molar-refractivity contribution < 1.29 is 13.5 Å². The second-order valence-corrected chi connectivity index (χ2v) is 5.76. The third-order valence-electron chi connectivity index (χ3n) is 3.55. The number of fused-ring (bicyclic) bond motifs is 1. The predicted molar refractivity (Wildman–Crippen MR) is 78.9 cm³/mol. The summed E-state index contributed by atoms with van der Waals surface area (Å²) in [5.74, 6) is 5.04. The minimum Gasteiger partial charge on any atom is -0.493 e. The number of nitrogens with two attached hydrogens (primary N) is 1. The molecule has 1 heterocycles. The highest BCUT2D eigenvalue weighted by Crippen LogP contribution is 2.33. The Balaban J connectivity index is 2.07. The third-order valence-corrected chi connectivity index (χ3v) is 4.00. The van der Waals surface area contributed by atoms with E-state index >= 15 is 0 Å². The van der Waals surface area contributed by atoms with Crippen LogP contribution in [0.3, 0.4) is 0 Å². The molecule has 0 spiro atoms.